The highest BCUT2D eigenvalue weighted by Crippen LogP contribution is 2.32. The van der Waals surface area contributed by atoms with Gasteiger partial charge in [-0.05, 0) is 19.4 Å². The maximum Gasteiger partial charge on any atom is 0.411 e. The van der Waals surface area contributed by atoms with Crippen molar-refractivity contribution < 1.29 is 22.4 Å². The highest BCUT2D eigenvalue weighted by molar-refractivity contribution is 5.09. The van der Waals surface area contributed by atoms with Crippen molar-refractivity contribution in [3.05, 3.63) is 11.7 Å². The molecule has 1 N–H and O–H groups in total. The molecule has 1 aliphatic rings. The second-order valence-electron chi connectivity index (χ2n) is 4.99. The molecule has 114 valence electrons. The Labute approximate surface area is 114 Å². The zero-order valence-electron chi connectivity index (χ0n) is 11.3. The van der Waals surface area contributed by atoms with Crippen LogP contribution in [0.25, 0.3) is 0 Å². The third kappa shape index (κ3) is 3.69. The molecule has 0 aromatic carbocycles. The molecule has 1 aromatic rings. The molecule has 1 atom stereocenters. The van der Waals surface area contributed by atoms with Crippen molar-refractivity contribution in [2.24, 2.45) is 0 Å². The molecule has 1 aromatic heterocycles. The van der Waals surface area contributed by atoms with Crippen molar-refractivity contribution in [2.45, 2.75) is 37.8 Å². The van der Waals surface area contributed by atoms with E-state index in [1.165, 1.54) is 0 Å². The zero-order valence-corrected chi connectivity index (χ0v) is 11.3. The van der Waals surface area contributed by atoms with Gasteiger partial charge in [0, 0.05) is 13.0 Å². The van der Waals surface area contributed by atoms with Crippen molar-refractivity contribution in [3.8, 4) is 0 Å². The van der Waals surface area contributed by atoms with Crippen LogP contribution in [0.4, 0.5) is 13.2 Å². The maximum absolute atomic E-state index is 11.9. The van der Waals surface area contributed by atoms with Crippen LogP contribution in [0.3, 0.4) is 0 Å². The number of rotatable bonds is 6. The fourth-order valence-electron chi connectivity index (χ4n) is 2.30. The van der Waals surface area contributed by atoms with Crippen LogP contribution in [0, 0.1) is 0 Å². The molecule has 1 aliphatic heterocycles. The third-order valence-corrected chi connectivity index (χ3v) is 3.58. The van der Waals surface area contributed by atoms with Gasteiger partial charge in [-0.3, -0.25) is 0 Å². The van der Waals surface area contributed by atoms with Crippen LogP contribution in [-0.2, 0) is 16.6 Å². The minimum atomic E-state index is -4.30. The van der Waals surface area contributed by atoms with Gasteiger partial charge in [0.15, 0.2) is 5.82 Å². The smallest absolute Gasteiger partial charge is 0.372 e. The van der Waals surface area contributed by atoms with Gasteiger partial charge in [-0.25, -0.2) is 0 Å². The van der Waals surface area contributed by atoms with Crippen LogP contribution in [0.2, 0.25) is 0 Å². The number of ether oxygens (including phenoxy) is 1. The largest absolute Gasteiger partial charge is 0.411 e. The first-order valence-electron chi connectivity index (χ1n) is 6.63. The summed E-state index contributed by atoms with van der Waals surface area (Å²) in [7, 11) is 0. The molecule has 20 heavy (non-hydrogen) atoms. The molecule has 8 heteroatoms. The fourth-order valence-corrected chi connectivity index (χ4v) is 2.30. The Balaban J connectivity index is 1.86. The van der Waals surface area contributed by atoms with Gasteiger partial charge in [0.25, 0.3) is 0 Å². The van der Waals surface area contributed by atoms with Crippen LogP contribution < -0.4 is 5.32 Å². The van der Waals surface area contributed by atoms with E-state index in [4.69, 9.17) is 4.52 Å². The zero-order chi connectivity index (χ0) is 14.6. The Hall–Kier alpha value is -1.15. The van der Waals surface area contributed by atoms with Crippen LogP contribution in [0.1, 0.15) is 31.5 Å². The predicted octanol–water partition coefficient (Wildman–Crippen LogP) is 1.83. The predicted molar refractivity (Wildman–Crippen MR) is 64.3 cm³/mol. The summed E-state index contributed by atoms with van der Waals surface area (Å²) in [5.74, 6) is 0.956. The molecule has 2 heterocycles. The summed E-state index contributed by atoms with van der Waals surface area (Å²) in [5, 5.41) is 7.08. The van der Waals surface area contributed by atoms with Gasteiger partial charge in [-0.15, -0.1) is 0 Å². The van der Waals surface area contributed by atoms with Crippen LogP contribution >= 0.6 is 0 Å². The minimum Gasteiger partial charge on any atom is -0.372 e. The summed E-state index contributed by atoms with van der Waals surface area (Å²) in [5.41, 5.74) is -0.141. The van der Waals surface area contributed by atoms with E-state index in [1.54, 1.807) is 0 Å². The lowest BCUT2D eigenvalue weighted by molar-refractivity contribution is -0.173. The molecule has 0 bridgehead atoms. The SMILES string of the molecule is CCC1(c2nc(CCOCC(F)(F)F)no2)CCNC1. The number of aromatic nitrogens is 2. The Kier molecular flexibility index (Phi) is 4.64. The van der Waals surface area contributed by atoms with Gasteiger partial charge in [-0.2, -0.15) is 18.2 Å². The highest BCUT2D eigenvalue weighted by Gasteiger charge is 2.39. The van der Waals surface area contributed by atoms with E-state index in [9.17, 15) is 13.2 Å². The van der Waals surface area contributed by atoms with Crippen LogP contribution in [0.15, 0.2) is 4.52 Å². The van der Waals surface area contributed by atoms with Gasteiger partial charge >= 0.3 is 6.18 Å². The molecule has 0 spiro atoms. The fraction of sp³-hybridized carbons (Fsp3) is 0.833. The van der Waals surface area contributed by atoms with Gasteiger partial charge < -0.3 is 14.6 Å². The first kappa shape index (κ1) is 15.2. The van der Waals surface area contributed by atoms with Crippen molar-refractivity contribution >= 4 is 0 Å². The number of nitrogens with one attached hydrogen (secondary N) is 1. The molecular formula is C12H18F3N3O2. The van der Waals surface area contributed by atoms with Gasteiger partial charge in [0.05, 0.1) is 12.0 Å². The third-order valence-electron chi connectivity index (χ3n) is 3.58. The summed E-state index contributed by atoms with van der Waals surface area (Å²) in [6.45, 7) is 2.43. The Morgan fingerprint density at radius 2 is 2.25 bits per heavy atom. The topological polar surface area (TPSA) is 60.2 Å². The molecule has 1 unspecified atom stereocenters. The quantitative estimate of drug-likeness (QED) is 0.811. The number of hydrogen-bond acceptors (Lipinski definition) is 5. The van der Waals surface area contributed by atoms with Crippen molar-refractivity contribution in [1.82, 2.24) is 15.5 Å². The van der Waals surface area contributed by atoms with E-state index in [0.717, 1.165) is 25.9 Å². The summed E-state index contributed by atoms with van der Waals surface area (Å²) in [6, 6.07) is 0. The molecular weight excluding hydrogens is 275 g/mol. The summed E-state index contributed by atoms with van der Waals surface area (Å²) >= 11 is 0. The average molecular weight is 293 g/mol. The molecule has 0 saturated carbocycles. The van der Waals surface area contributed by atoms with E-state index in [1.807, 2.05) is 0 Å². The molecule has 0 radical (unpaired) electrons. The maximum atomic E-state index is 11.9. The summed E-state index contributed by atoms with van der Waals surface area (Å²) < 4.78 is 45.5. The lowest BCUT2D eigenvalue weighted by Crippen LogP contribution is -2.28. The molecule has 0 amide bonds. The Morgan fingerprint density at radius 1 is 1.45 bits per heavy atom. The number of hydrogen-bond donors (Lipinski definition) is 1. The van der Waals surface area contributed by atoms with E-state index < -0.39 is 12.8 Å². The van der Waals surface area contributed by atoms with Gasteiger partial charge in [0.2, 0.25) is 5.89 Å². The van der Waals surface area contributed by atoms with E-state index in [2.05, 4.69) is 27.1 Å². The normalized spacial score (nSPS) is 23.4. The second kappa shape index (κ2) is 6.09. The molecule has 5 nitrogen and oxygen atoms in total. The minimum absolute atomic E-state index is 0.0736. The molecule has 1 fully saturated rings. The lowest BCUT2D eigenvalue weighted by atomic mass is 9.84. The highest BCUT2D eigenvalue weighted by atomic mass is 19.4. The van der Waals surface area contributed by atoms with Crippen molar-refractivity contribution in [1.29, 1.82) is 0 Å². The molecule has 0 aliphatic carbocycles. The second-order valence-corrected chi connectivity index (χ2v) is 4.99. The summed E-state index contributed by atoms with van der Waals surface area (Å²) in [6.07, 6.45) is -2.28. The Morgan fingerprint density at radius 3 is 2.85 bits per heavy atom. The van der Waals surface area contributed by atoms with E-state index in [-0.39, 0.29) is 18.4 Å². The van der Waals surface area contributed by atoms with Crippen LogP contribution in [0.5, 0.6) is 0 Å². The Bertz CT molecular complexity index is 428. The number of nitrogens with zero attached hydrogens (tertiary/aromatic N) is 2. The first-order valence-corrected chi connectivity index (χ1v) is 6.63. The molecule has 1 saturated heterocycles. The van der Waals surface area contributed by atoms with Crippen molar-refractivity contribution in [2.75, 3.05) is 26.3 Å². The average Bonchev–Trinajstić information content (AvgIpc) is 3.03. The lowest BCUT2D eigenvalue weighted by Gasteiger charge is -2.20. The van der Waals surface area contributed by atoms with E-state index in [0.29, 0.717) is 11.7 Å². The monoisotopic (exact) mass is 293 g/mol. The standard InChI is InChI=1S/C12H18F3N3O2/c1-2-11(4-5-16-7-11)10-17-9(18-20-10)3-6-19-8-12(13,14)15/h16H,2-8H2,1H3. The van der Waals surface area contributed by atoms with Gasteiger partial charge in [0.1, 0.15) is 6.61 Å². The molecule has 2 rings (SSSR count). The van der Waals surface area contributed by atoms with Crippen LogP contribution in [-0.4, -0.2) is 42.6 Å². The number of alkyl halides is 3. The first-order chi connectivity index (χ1) is 9.45. The number of halogens is 3. The van der Waals surface area contributed by atoms with Crippen molar-refractivity contribution in [3.63, 3.8) is 0 Å². The van der Waals surface area contributed by atoms with E-state index >= 15 is 0 Å². The van der Waals surface area contributed by atoms with Gasteiger partial charge in [-0.1, -0.05) is 12.1 Å². The summed E-state index contributed by atoms with van der Waals surface area (Å²) in [4.78, 5) is 4.29.